The molecule has 26 heavy (non-hydrogen) atoms. The Morgan fingerprint density at radius 2 is 1.85 bits per heavy atom. The summed E-state index contributed by atoms with van der Waals surface area (Å²) in [6, 6.07) is 0. The third-order valence-corrected chi connectivity index (χ3v) is 9.53. The zero-order valence-electron chi connectivity index (χ0n) is 16.6. The second-order valence-corrected chi connectivity index (χ2v) is 10.3. The molecule has 4 nitrogen and oxygen atoms in total. The van der Waals surface area contributed by atoms with Gasteiger partial charge < -0.3 is 10.6 Å². The van der Waals surface area contributed by atoms with E-state index in [0.29, 0.717) is 41.9 Å². The van der Waals surface area contributed by atoms with Crippen molar-refractivity contribution < 1.29 is 14.7 Å². The number of rotatable bonds is 2. The Hall–Kier alpha value is -0.990. The van der Waals surface area contributed by atoms with Crippen LogP contribution < -0.4 is 0 Å². The van der Waals surface area contributed by atoms with E-state index in [2.05, 4.69) is 25.6 Å². The highest BCUT2D eigenvalue weighted by Crippen LogP contribution is 2.67. The van der Waals surface area contributed by atoms with E-state index in [4.69, 9.17) is 0 Å². The molecule has 4 saturated carbocycles. The van der Waals surface area contributed by atoms with Crippen LogP contribution in [0.3, 0.4) is 0 Å². The first kappa shape index (κ1) is 18.4. The second kappa shape index (κ2) is 6.27. The number of fused-ring (bicyclic) bond motifs is 5. The number of ketones is 1. The van der Waals surface area contributed by atoms with Gasteiger partial charge in [-0.25, -0.2) is 0 Å². The fourth-order valence-electron chi connectivity index (χ4n) is 8.20. The molecule has 1 N–H and O–H groups in total. The number of hydrogen-bond acceptors (Lipinski definition) is 2. The SMILES string of the molecule is CC(CO)[C@H]1CCC2C3CCC4C(=[N+]=[N-])C(=O)CC[C@]4(C)C3CC[C@@]21C. The third kappa shape index (κ3) is 2.34. The Morgan fingerprint density at radius 3 is 2.54 bits per heavy atom. The van der Waals surface area contributed by atoms with Crippen LogP contribution in [0.5, 0.6) is 0 Å². The van der Waals surface area contributed by atoms with Gasteiger partial charge in [0.25, 0.3) is 0 Å². The normalized spacial score (nSPS) is 49.0. The number of carbonyl (C=O) groups excluding carboxylic acids is 1. The van der Waals surface area contributed by atoms with Crippen molar-refractivity contribution >= 4 is 11.5 Å². The Kier molecular flexibility index (Phi) is 4.44. The molecule has 144 valence electrons. The second-order valence-electron chi connectivity index (χ2n) is 10.3. The maximum atomic E-state index is 12.3. The summed E-state index contributed by atoms with van der Waals surface area (Å²) < 4.78 is 0. The minimum absolute atomic E-state index is 0.0618. The maximum absolute atomic E-state index is 12.3. The van der Waals surface area contributed by atoms with Gasteiger partial charge in [0.15, 0.2) is 0 Å². The number of carbonyl (C=O) groups is 1. The zero-order chi connectivity index (χ0) is 18.7. The molecule has 0 saturated heterocycles. The monoisotopic (exact) mass is 358 g/mol. The van der Waals surface area contributed by atoms with Crippen molar-refractivity contribution in [3.05, 3.63) is 5.53 Å². The highest BCUT2D eigenvalue weighted by atomic mass is 16.3. The van der Waals surface area contributed by atoms with Crippen molar-refractivity contribution in [3.63, 3.8) is 0 Å². The molecule has 4 aliphatic rings. The summed E-state index contributed by atoms with van der Waals surface area (Å²) in [5.74, 6) is 3.39. The van der Waals surface area contributed by atoms with E-state index in [1.165, 1.54) is 25.7 Å². The smallest absolute Gasteiger partial charge is 0.337 e. The number of aliphatic hydroxyl groups excluding tert-OH is 1. The number of Topliss-reactive ketones (excluding diaryl/α,β-unsaturated/α-hetero) is 1. The van der Waals surface area contributed by atoms with Crippen LogP contribution in [0.2, 0.25) is 0 Å². The van der Waals surface area contributed by atoms with Gasteiger partial charge in [0, 0.05) is 13.0 Å². The first-order chi connectivity index (χ1) is 12.4. The summed E-state index contributed by atoms with van der Waals surface area (Å²) in [4.78, 5) is 15.7. The Morgan fingerprint density at radius 1 is 1.12 bits per heavy atom. The summed E-state index contributed by atoms with van der Waals surface area (Å²) in [6.45, 7) is 7.40. The highest BCUT2D eigenvalue weighted by Gasteiger charge is 2.63. The molecule has 0 bridgehead atoms. The molecule has 0 heterocycles. The molecule has 0 aromatic carbocycles. The molecule has 5 unspecified atom stereocenters. The minimum atomic E-state index is 0.0618. The van der Waals surface area contributed by atoms with Crippen molar-refractivity contribution in [1.29, 1.82) is 0 Å². The number of hydrogen-bond donors (Lipinski definition) is 1. The molecule has 0 aromatic rings. The molecule has 4 aliphatic carbocycles. The molecule has 0 radical (unpaired) electrons. The van der Waals surface area contributed by atoms with E-state index in [1.54, 1.807) is 0 Å². The van der Waals surface area contributed by atoms with Crippen LogP contribution in [-0.4, -0.2) is 28.0 Å². The highest BCUT2D eigenvalue weighted by molar-refractivity contribution is 6.39. The van der Waals surface area contributed by atoms with E-state index >= 15 is 0 Å². The predicted octanol–water partition coefficient (Wildman–Crippen LogP) is 4.12. The summed E-state index contributed by atoms with van der Waals surface area (Å²) >= 11 is 0. The van der Waals surface area contributed by atoms with Crippen LogP contribution in [-0.2, 0) is 4.79 Å². The average molecular weight is 359 g/mol. The van der Waals surface area contributed by atoms with Crippen molar-refractivity contribution in [1.82, 2.24) is 0 Å². The lowest BCUT2D eigenvalue weighted by Crippen LogP contribution is -2.56. The number of aliphatic hydroxyl groups is 1. The van der Waals surface area contributed by atoms with Gasteiger partial charge in [-0.2, -0.15) is 4.79 Å². The van der Waals surface area contributed by atoms with Gasteiger partial charge in [0.1, 0.15) is 0 Å². The fourth-order valence-corrected chi connectivity index (χ4v) is 8.20. The van der Waals surface area contributed by atoms with Gasteiger partial charge >= 0.3 is 5.71 Å². The molecule has 0 spiro atoms. The quantitative estimate of drug-likeness (QED) is 0.595. The topological polar surface area (TPSA) is 73.7 Å². The van der Waals surface area contributed by atoms with Crippen molar-refractivity contribution in [2.75, 3.05) is 6.61 Å². The molecule has 4 fully saturated rings. The van der Waals surface area contributed by atoms with Crippen LogP contribution in [0, 0.1) is 46.3 Å². The predicted molar refractivity (Wildman–Crippen MR) is 100 cm³/mol. The summed E-state index contributed by atoms with van der Waals surface area (Å²) in [7, 11) is 0. The third-order valence-electron chi connectivity index (χ3n) is 9.53. The lowest BCUT2D eigenvalue weighted by atomic mass is 9.44. The Bertz CT molecular complexity index is 655. The van der Waals surface area contributed by atoms with Crippen LogP contribution >= 0.6 is 0 Å². The first-order valence-electron chi connectivity index (χ1n) is 10.7. The van der Waals surface area contributed by atoms with Crippen LogP contribution in [0.25, 0.3) is 5.53 Å². The molecule has 0 amide bonds. The lowest BCUT2D eigenvalue weighted by Gasteiger charge is -2.59. The molecule has 0 aliphatic heterocycles. The average Bonchev–Trinajstić information content (AvgIpc) is 2.99. The van der Waals surface area contributed by atoms with E-state index < -0.39 is 0 Å². The van der Waals surface area contributed by atoms with Crippen LogP contribution in [0.15, 0.2) is 0 Å². The van der Waals surface area contributed by atoms with E-state index in [9.17, 15) is 15.4 Å². The molecule has 0 aromatic heterocycles. The van der Waals surface area contributed by atoms with E-state index in [1.807, 2.05) is 0 Å². The van der Waals surface area contributed by atoms with Crippen molar-refractivity contribution in [2.45, 2.75) is 72.1 Å². The van der Waals surface area contributed by atoms with Gasteiger partial charge in [-0.3, -0.25) is 4.79 Å². The van der Waals surface area contributed by atoms with E-state index in [0.717, 1.165) is 31.1 Å². The molecular weight excluding hydrogens is 324 g/mol. The Balaban J connectivity index is 1.64. The van der Waals surface area contributed by atoms with Gasteiger partial charge in [-0.05, 0) is 85.4 Å². The molecule has 4 heteroatoms. The maximum Gasteiger partial charge on any atom is 0.337 e. The van der Waals surface area contributed by atoms with Crippen molar-refractivity contribution in [3.8, 4) is 0 Å². The molecule has 4 rings (SSSR count). The van der Waals surface area contributed by atoms with E-state index in [-0.39, 0.29) is 17.1 Å². The first-order valence-corrected chi connectivity index (χ1v) is 10.7. The zero-order valence-corrected chi connectivity index (χ0v) is 16.6. The molecular formula is C22H34N2O2. The van der Waals surface area contributed by atoms with Gasteiger partial charge in [-0.1, -0.05) is 20.8 Å². The van der Waals surface area contributed by atoms with Crippen molar-refractivity contribution in [2.24, 2.45) is 46.3 Å². The largest absolute Gasteiger partial charge is 0.396 e. The fraction of sp³-hybridized carbons (Fsp3) is 0.909. The van der Waals surface area contributed by atoms with Gasteiger partial charge in [-0.15, -0.1) is 0 Å². The number of nitrogens with zero attached hydrogens (tertiary/aromatic N) is 2. The minimum Gasteiger partial charge on any atom is -0.396 e. The van der Waals surface area contributed by atoms with Gasteiger partial charge in [0.05, 0.1) is 5.92 Å². The summed E-state index contributed by atoms with van der Waals surface area (Å²) in [5, 5.41) is 9.74. The van der Waals surface area contributed by atoms with Gasteiger partial charge in [0.2, 0.25) is 5.78 Å². The van der Waals surface area contributed by atoms with Crippen LogP contribution in [0.1, 0.15) is 72.1 Å². The Labute approximate surface area is 157 Å². The van der Waals surface area contributed by atoms with Crippen LogP contribution in [0.4, 0.5) is 0 Å². The molecule has 8 atom stereocenters. The summed E-state index contributed by atoms with van der Waals surface area (Å²) in [5.41, 5.74) is 10.4. The standard InChI is InChI=1S/C22H34N2O2/c1-13(12-25)15-6-7-16-14-4-5-18-20(24-23)19(26)9-11-22(18,3)17(14)8-10-21(15,16)2/h13-18,25H,4-12H2,1-3H3/t13?,14?,15-,16?,17?,18?,21-,22-/m1/s1. The summed E-state index contributed by atoms with van der Waals surface area (Å²) in [6.07, 6.45) is 8.69. The lowest BCUT2D eigenvalue weighted by molar-refractivity contribution is -0.133.